The van der Waals surface area contributed by atoms with Crippen LogP contribution in [0.15, 0.2) is 51.2 Å². The smallest absolute Gasteiger partial charge is 0.175 e. The van der Waals surface area contributed by atoms with Crippen molar-refractivity contribution in [1.29, 1.82) is 0 Å². The van der Waals surface area contributed by atoms with Crippen LogP contribution in [-0.2, 0) is 19.1 Å². The van der Waals surface area contributed by atoms with Crippen molar-refractivity contribution in [1.82, 2.24) is 4.98 Å². The van der Waals surface area contributed by atoms with E-state index in [4.69, 9.17) is 4.33 Å². The van der Waals surface area contributed by atoms with Gasteiger partial charge in [-0.2, -0.15) is 4.33 Å². The molecule has 0 radical (unpaired) electrons. The van der Waals surface area contributed by atoms with E-state index in [0.29, 0.717) is 4.90 Å². The molecule has 2 aromatic rings. The molecule has 0 amide bonds. The molecular formula is C14H15NO4S3. The van der Waals surface area contributed by atoms with Gasteiger partial charge in [-0.15, -0.1) is 11.8 Å². The fourth-order valence-corrected chi connectivity index (χ4v) is 3.50. The molecule has 1 aromatic heterocycles. The van der Waals surface area contributed by atoms with E-state index < -0.39 is 9.84 Å². The number of thioether (sulfide) groups is 1. The average Bonchev–Trinajstić information content (AvgIpc) is 2.51. The second kappa shape index (κ2) is 7.47. The van der Waals surface area contributed by atoms with E-state index in [9.17, 15) is 8.42 Å². The first-order valence-electron chi connectivity index (χ1n) is 6.17. The van der Waals surface area contributed by atoms with Crippen LogP contribution < -0.4 is 0 Å². The summed E-state index contributed by atoms with van der Waals surface area (Å²) in [6, 6.07) is 8.70. The van der Waals surface area contributed by atoms with Crippen LogP contribution in [-0.4, -0.2) is 33.0 Å². The summed E-state index contributed by atoms with van der Waals surface area (Å²) in [6.45, 7) is 0. The van der Waals surface area contributed by atoms with Gasteiger partial charge in [-0.3, -0.25) is 4.98 Å². The molecule has 0 aliphatic rings. The summed E-state index contributed by atoms with van der Waals surface area (Å²) in [5.41, 5.74) is 1.53. The normalized spacial score (nSPS) is 11.6. The fraction of sp³-hybridized carbons (Fsp3) is 0.214. The van der Waals surface area contributed by atoms with Crippen molar-refractivity contribution in [2.75, 3.05) is 19.6 Å². The topological polar surface area (TPSA) is 65.5 Å². The summed E-state index contributed by atoms with van der Waals surface area (Å²) in [5, 5.41) is 0. The maximum Gasteiger partial charge on any atom is 0.175 e. The van der Waals surface area contributed by atoms with Gasteiger partial charge in [-0.25, -0.2) is 13.3 Å². The quantitative estimate of drug-likeness (QED) is 0.339. The molecular weight excluding hydrogens is 342 g/mol. The van der Waals surface area contributed by atoms with Gasteiger partial charge in [0, 0.05) is 27.8 Å². The first-order valence-corrected chi connectivity index (χ1v) is 10.0. The molecule has 0 unspecified atom stereocenters. The van der Waals surface area contributed by atoms with Crippen molar-refractivity contribution in [3.63, 3.8) is 0 Å². The summed E-state index contributed by atoms with van der Waals surface area (Å²) in [5.74, 6) is 0. The summed E-state index contributed by atoms with van der Waals surface area (Å²) in [6.07, 6.45) is 4.87. The molecule has 0 spiro atoms. The maximum absolute atomic E-state index is 11.7. The van der Waals surface area contributed by atoms with Crippen LogP contribution in [0.4, 0.5) is 0 Å². The Bertz CT molecular complexity index is 762. The number of sulfone groups is 1. The highest BCUT2D eigenvalue weighted by Gasteiger charge is 2.14. The highest BCUT2D eigenvalue weighted by Crippen LogP contribution is 2.34. The lowest BCUT2D eigenvalue weighted by molar-refractivity contribution is -0.160. The zero-order valence-electron chi connectivity index (χ0n) is 12.3. The van der Waals surface area contributed by atoms with Gasteiger partial charge in [0.1, 0.15) is 0 Å². The van der Waals surface area contributed by atoms with Crippen LogP contribution in [0.25, 0.3) is 11.3 Å². The molecule has 0 saturated heterocycles. The predicted molar refractivity (Wildman–Crippen MR) is 88.5 cm³/mol. The maximum atomic E-state index is 11.7. The van der Waals surface area contributed by atoms with Gasteiger partial charge in [0.05, 0.1) is 29.7 Å². The SMILES string of the molecule is COOSc1cc(S(C)(=O)=O)ccc1-c1cc(SC)ccn1. The highest BCUT2D eigenvalue weighted by atomic mass is 32.2. The van der Waals surface area contributed by atoms with Gasteiger partial charge in [-0.05, 0) is 30.5 Å². The molecule has 2 rings (SSSR count). The Labute approximate surface area is 138 Å². The van der Waals surface area contributed by atoms with E-state index in [2.05, 4.69) is 9.87 Å². The Hall–Kier alpha value is -1.06. The zero-order valence-corrected chi connectivity index (χ0v) is 14.7. The molecule has 0 N–H and O–H groups in total. The Morgan fingerprint density at radius 3 is 2.59 bits per heavy atom. The summed E-state index contributed by atoms with van der Waals surface area (Å²) < 4.78 is 28.3. The van der Waals surface area contributed by atoms with Crippen molar-refractivity contribution in [3.8, 4) is 11.3 Å². The van der Waals surface area contributed by atoms with Gasteiger partial charge in [0.15, 0.2) is 9.84 Å². The van der Waals surface area contributed by atoms with E-state index in [1.54, 1.807) is 36.2 Å². The van der Waals surface area contributed by atoms with Crippen molar-refractivity contribution in [3.05, 3.63) is 36.5 Å². The largest absolute Gasteiger partial charge is 0.256 e. The zero-order chi connectivity index (χ0) is 16.2. The van der Waals surface area contributed by atoms with E-state index in [1.807, 2.05) is 18.4 Å². The molecule has 0 atom stereocenters. The molecule has 8 heteroatoms. The molecule has 1 aromatic carbocycles. The molecule has 0 aliphatic carbocycles. The standard InChI is InChI=1S/C14H15NO4S3/c1-18-19-21-14-9-11(22(3,16)17)4-5-12(14)13-8-10(20-2)6-7-15-13/h4-9H,1-3H3. The predicted octanol–water partition coefficient (Wildman–Crippen LogP) is 3.46. The van der Waals surface area contributed by atoms with Crippen LogP contribution in [0.5, 0.6) is 0 Å². The van der Waals surface area contributed by atoms with Gasteiger partial charge < -0.3 is 0 Å². The van der Waals surface area contributed by atoms with E-state index in [-0.39, 0.29) is 4.90 Å². The van der Waals surface area contributed by atoms with Crippen LogP contribution in [0, 0.1) is 0 Å². The van der Waals surface area contributed by atoms with Gasteiger partial charge >= 0.3 is 0 Å². The Morgan fingerprint density at radius 2 is 1.95 bits per heavy atom. The van der Waals surface area contributed by atoms with E-state index in [1.165, 1.54) is 13.4 Å². The first-order chi connectivity index (χ1) is 10.5. The van der Waals surface area contributed by atoms with Crippen molar-refractivity contribution >= 4 is 33.6 Å². The van der Waals surface area contributed by atoms with Crippen LogP contribution >= 0.6 is 23.8 Å². The average molecular weight is 357 g/mol. The monoisotopic (exact) mass is 357 g/mol. The first kappa shape index (κ1) is 17.3. The third-order valence-electron chi connectivity index (χ3n) is 2.82. The molecule has 5 nitrogen and oxygen atoms in total. The van der Waals surface area contributed by atoms with E-state index >= 15 is 0 Å². The molecule has 0 fully saturated rings. The number of rotatable bonds is 6. The third-order valence-corrected chi connectivity index (χ3v) is 5.37. The number of benzene rings is 1. The Morgan fingerprint density at radius 1 is 1.18 bits per heavy atom. The summed E-state index contributed by atoms with van der Waals surface area (Å²) in [4.78, 5) is 10.9. The van der Waals surface area contributed by atoms with Crippen LogP contribution in [0.1, 0.15) is 0 Å². The number of nitrogens with zero attached hydrogens (tertiary/aromatic N) is 1. The van der Waals surface area contributed by atoms with Crippen molar-refractivity contribution in [2.24, 2.45) is 0 Å². The second-order valence-corrected chi connectivity index (χ2v) is 7.97. The number of hydrogen-bond donors (Lipinski definition) is 0. The molecule has 1 heterocycles. The molecule has 0 saturated carbocycles. The number of aromatic nitrogens is 1. The minimum absolute atomic E-state index is 0.222. The third kappa shape index (κ3) is 4.23. The van der Waals surface area contributed by atoms with Crippen molar-refractivity contribution in [2.45, 2.75) is 14.7 Å². The van der Waals surface area contributed by atoms with Gasteiger partial charge in [0.25, 0.3) is 0 Å². The lowest BCUT2D eigenvalue weighted by Crippen LogP contribution is -1.98. The number of hydrogen-bond acceptors (Lipinski definition) is 7. The van der Waals surface area contributed by atoms with E-state index in [0.717, 1.165) is 28.2 Å². The van der Waals surface area contributed by atoms with Crippen LogP contribution in [0.3, 0.4) is 0 Å². The Balaban J connectivity index is 2.53. The minimum atomic E-state index is -3.30. The van der Waals surface area contributed by atoms with Gasteiger partial charge in [-0.1, -0.05) is 6.07 Å². The molecule has 22 heavy (non-hydrogen) atoms. The summed E-state index contributed by atoms with van der Waals surface area (Å²) in [7, 11) is -1.91. The minimum Gasteiger partial charge on any atom is -0.256 e. The highest BCUT2D eigenvalue weighted by molar-refractivity contribution is 7.98. The lowest BCUT2D eigenvalue weighted by Gasteiger charge is -2.10. The fourth-order valence-electron chi connectivity index (χ4n) is 1.77. The van der Waals surface area contributed by atoms with Crippen molar-refractivity contribution < 1.29 is 17.6 Å². The molecule has 0 aliphatic heterocycles. The number of pyridine rings is 1. The van der Waals surface area contributed by atoms with Crippen LogP contribution in [0.2, 0.25) is 0 Å². The van der Waals surface area contributed by atoms with Gasteiger partial charge in [0.2, 0.25) is 0 Å². The molecule has 118 valence electrons. The molecule has 0 bridgehead atoms. The second-order valence-electron chi connectivity index (χ2n) is 4.33. The Kier molecular flexibility index (Phi) is 5.87. The lowest BCUT2D eigenvalue weighted by atomic mass is 10.1. The summed E-state index contributed by atoms with van der Waals surface area (Å²) >= 11 is 2.56.